The first-order valence-corrected chi connectivity index (χ1v) is 8.18. The SMILES string of the molecule is CN=C(NCC(=O)NCC(F)(F)F)N1CCSC(C(C)C)C1. The molecule has 0 aliphatic carbocycles. The molecule has 0 aromatic heterocycles. The summed E-state index contributed by atoms with van der Waals surface area (Å²) in [5.41, 5.74) is 0. The third-order valence-corrected chi connectivity index (χ3v) is 4.78. The van der Waals surface area contributed by atoms with Gasteiger partial charge in [-0.3, -0.25) is 9.79 Å². The maximum atomic E-state index is 12.0. The normalized spacial score (nSPS) is 20.2. The maximum absolute atomic E-state index is 12.0. The number of hydrogen-bond acceptors (Lipinski definition) is 3. The first kappa shape index (κ1) is 18.9. The molecule has 9 heteroatoms. The van der Waals surface area contributed by atoms with Crippen LogP contribution in [0.15, 0.2) is 4.99 Å². The van der Waals surface area contributed by atoms with Crippen molar-refractivity contribution < 1.29 is 18.0 Å². The van der Waals surface area contributed by atoms with Gasteiger partial charge in [-0.1, -0.05) is 13.8 Å². The molecule has 0 radical (unpaired) electrons. The highest BCUT2D eigenvalue weighted by Crippen LogP contribution is 2.24. The van der Waals surface area contributed by atoms with Crippen molar-refractivity contribution >= 4 is 23.6 Å². The molecular weight excluding hydrogens is 317 g/mol. The van der Waals surface area contributed by atoms with Gasteiger partial charge in [-0.15, -0.1) is 0 Å². The topological polar surface area (TPSA) is 56.7 Å². The Morgan fingerprint density at radius 1 is 1.41 bits per heavy atom. The first-order chi connectivity index (χ1) is 10.2. The van der Waals surface area contributed by atoms with Crippen LogP contribution in [0.4, 0.5) is 13.2 Å². The monoisotopic (exact) mass is 340 g/mol. The molecule has 2 N–H and O–H groups in total. The van der Waals surface area contributed by atoms with Crippen molar-refractivity contribution in [3.05, 3.63) is 0 Å². The number of aliphatic imine (C=N–C) groups is 1. The third kappa shape index (κ3) is 6.76. The van der Waals surface area contributed by atoms with Gasteiger partial charge in [-0.25, -0.2) is 0 Å². The second-order valence-electron chi connectivity index (χ2n) is 5.39. The number of alkyl halides is 3. The summed E-state index contributed by atoms with van der Waals surface area (Å²) < 4.78 is 36.1. The third-order valence-electron chi connectivity index (χ3n) is 3.24. The Balaban J connectivity index is 2.43. The van der Waals surface area contributed by atoms with Crippen LogP contribution in [-0.2, 0) is 4.79 Å². The number of rotatable bonds is 4. The lowest BCUT2D eigenvalue weighted by Gasteiger charge is -2.36. The number of hydrogen-bond donors (Lipinski definition) is 2. The fraction of sp³-hybridized carbons (Fsp3) is 0.846. The number of nitrogens with one attached hydrogen (secondary N) is 2. The molecule has 1 saturated heterocycles. The van der Waals surface area contributed by atoms with Gasteiger partial charge < -0.3 is 15.5 Å². The Morgan fingerprint density at radius 2 is 2.09 bits per heavy atom. The van der Waals surface area contributed by atoms with Gasteiger partial charge in [0.1, 0.15) is 6.54 Å². The Bertz CT molecular complexity index is 401. The highest BCUT2D eigenvalue weighted by molar-refractivity contribution is 8.00. The summed E-state index contributed by atoms with van der Waals surface area (Å²) >= 11 is 1.91. The van der Waals surface area contributed by atoms with Gasteiger partial charge in [0.25, 0.3) is 0 Å². The molecule has 128 valence electrons. The van der Waals surface area contributed by atoms with Crippen LogP contribution in [0.2, 0.25) is 0 Å². The number of guanidine groups is 1. The molecule has 1 fully saturated rings. The minimum atomic E-state index is -4.40. The van der Waals surface area contributed by atoms with Crippen LogP contribution in [0.3, 0.4) is 0 Å². The maximum Gasteiger partial charge on any atom is 0.405 e. The molecule has 1 aliphatic heterocycles. The standard InChI is InChI=1S/C13H23F3N4OS/c1-9(2)10-7-20(4-5-22-10)12(17-3)18-6-11(21)19-8-13(14,15)16/h9-10H,4-8H2,1-3H3,(H,17,18)(H,19,21). The summed E-state index contributed by atoms with van der Waals surface area (Å²) in [6, 6.07) is 0. The lowest BCUT2D eigenvalue weighted by molar-refractivity contribution is -0.137. The van der Waals surface area contributed by atoms with Gasteiger partial charge in [0.05, 0.1) is 6.54 Å². The Morgan fingerprint density at radius 3 is 2.64 bits per heavy atom. The average molecular weight is 340 g/mol. The molecule has 0 bridgehead atoms. The molecule has 0 aromatic rings. The van der Waals surface area contributed by atoms with Crippen LogP contribution in [0.1, 0.15) is 13.8 Å². The second kappa shape index (κ2) is 8.50. The van der Waals surface area contributed by atoms with Crippen molar-refractivity contribution in [2.45, 2.75) is 25.3 Å². The van der Waals surface area contributed by atoms with Crippen LogP contribution in [0, 0.1) is 5.92 Å². The molecule has 1 heterocycles. The summed E-state index contributed by atoms with van der Waals surface area (Å²) in [6.07, 6.45) is -4.40. The molecule has 0 spiro atoms. The number of amides is 1. The second-order valence-corrected chi connectivity index (χ2v) is 6.74. The van der Waals surface area contributed by atoms with Gasteiger partial charge in [-0.05, 0) is 5.92 Å². The van der Waals surface area contributed by atoms with Crippen LogP contribution < -0.4 is 10.6 Å². The minimum Gasteiger partial charge on any atom is -0.347 e. The van der Waals surface area contributed by atoms with Crippen LogP contribution in [-0.4, -0.2) is 67.2 Å². The predicted molar refractivity (Wildman–Crippen MR) is 83.1 cm³/mol. The van der Waals surface area contributed by atoms with Crippen LogP contribution in [0.25, 0.3) is 0 Å². The first-order valence-electron chi connectivity index (χ1n) is 7.13. The lowest BCUT2D eigenvalue weighted by Crippen LogP contribution is -2.51. The van der Waals surface area contributed by atoms with Crippen molar-refractivity contribution in [3.63, 3.8) is 0 Å². The molecule has 1 unspecified atom stereocenters. The number of carbonyl (C=O) groups excluding carboxylic acids is 1. The van der Waals surface area contributed by atoms with E-state index in [9.17, 15) is 18.0 Å². The summed E-state index contributed by atoms with van der Waals surface area (Å²) in [6.45, 7) is 4.38. The Labute approximate surface area is 133 Å². The van der Waals surface area contributed by atoms with E-state index in [1.807, 2.05) is 22.0 Å². The van der Waals surface area contributed by atoms with E-state index in [0.717, 1.165) is 18.8 Å². The van der Waals surface area contributed by atoms with Gasteiger partial charge in [0.15, 0.2) is 5.96 Å². The quantitative estimate of drug-likeness (QED) is 0.599. The predicted octanol–water partition coefficient (Wildman–Crippen LogP) is 1.31. The summed E-state index contributed by atoms with van der Waals surface area (Å²) in [7, 11) is 1.60. The van der Waals surface area contributed by atoms with Gasteiger partial charge in [0.2, 0.25) is 5.91 Å². The average Bonchev–Trinajstić information content (AvgIpc) is 2.45. The van der Waals surface area contributed by atoms with Gasteiger partial charge in [0, 0.05) is 31.1 Å². The van der Waals surface area contributed by atoms with E-state index in [1.165, 1.54) is 0 Å². The smallest absolute Gasteiger partial charge is 0.347 e. The zero-order valence-electron chi connectivity index (χ0n) is 13.0. The summed E-state index contributed by atoms with van der Waals surface area (Å²) in [5, 5.41) is 5.13. The molecule has 1 aliphatic rings. The molecule has 0 aromatic carbocycles. The molecule has 1 atom stereocenters. The van der Waals surface area contributed by atoms with E-state index >= 15 is 0 Å². The van der Waals surface area contributed by atoms with Gasteiger partial charge in [-0.2, -0.15) is 24.9 Å². The largest absolute Gasteiger partial charge is 0.405 e. The lowest BCUT2D eigenvalue weighted by atomic mass is 10.1. The highest BCUT2D eigenvalue weighted by atomic mass is 32.2. The van der Waals surface area contributed by atoms with Crippen LogP contribution >= 0.6 is 11.8 Å². The number of thioether (sulfide) groups is 1. The molecule has 5 nitrogen and oxygen atoms in total. The van der Waals surface area contributed by atoms with Crippen molar-refractivity contribution in [1.82, 2.24) is 15.5 Å². The fourth-order valence-electron chi connectivity index (χ4n) is 2.02. The Kier molecular flexibility index (Phi) is 7.31. The van der Waals surface area contributed by atoms with E-state index in [0.29, 0.717) is 17.1 Å². The highest BCUT2D eigenvalue weighted by Gasteiger charge is 2.28. The molecule has 1 amide bonds. The Hall–Kier alpha value is -1.12. The molecule has 1 rings (SSSR count). The van der Waals surface area contributed by atoms with E-state index in [-0.39, 0.29) is 6.54 Å². The van der Waals surface area contributed by atoms with Crippen molar-refractivity contribution in [1.29, 1.82) is 0 Å². The van der Waals surface area contributed by atoms with Crippen molar-refractivity contribution in [3.8, 4) is 0 Å². The number of halogens is 3. The van der Waals surface area contributed by atoms with E-state index in [1.54, 1.807) is 7.05 Å². The van der Waals surface area contributed by atoms with Crippen molar-refractivity contribution in [2.75, 3.05) is 39.0 Å². The number of nitrogens with zero attached hydrogens (tertiary/aromatic N) is 2. The van der Waals surface area contributed by atoms with Crippen molar-refractivity contribution in [2.24, 2.45) is 10.9 Å². The fourth-order valence-corrected chi connectivity index (χ4v) is 3.32. The van der Waals surface area contributed by atoms with Gasteiger partial charge >= 0.3 is 6.18 Å². The summed E-state index contributed by atoms with van der Waals surface area (Å²) in [5.74, 6) is 1.34. The van der Waals surface area contributed by atoms with E-state index in [2.05, 4.69) is 24.2 Å². The molecular formula is C13H23F3N4OS. The zero-order chi connectivity index (χ0) is 16.8. The minimum absolute atomic E-state index is 0.223. The number of carbonyl (C=O) groups is 1. The molecule has 0 saturated carbocycles. The molecule has 22 heavy (non-hydrogen) atoms. The van der Waals surface area contributed by atoms with E-state index in [4.69, 9.17) is 0 Å². The van der Waals surface area contributed by atoms with Crippen LogP contribution in [0.5, 0.6) is 0 Å². The summed E-state index contributed by atoms with van der Waals surface area (Å²) in [4.78, 5) is 17.6. The zero-order valence-corrected chi connectivity index (χ0v) is 13.9. The van der Waals surface area contributed by atoms with E-state index < -0.39 is 18.6 Å².